The molecule has 2 heterocycles. The Hall–Kier alpha value is -1.46. The van der Waals surface area contributed by atoms with Crippen LogP contribution >= 0.6 is 9.24 Å². The second kappa shape index (κ2) is 5.05. The lowest BCUT2D eigenvalue weighted by molar-refractivity contribution is 0.0576. The summed E-state index contributed by atoms with van der Waals surface area (Å²) >= 11 is 0. The Morgan fingerprint density at radius 3 is 3.00 bits per heavy atom. The molecule has 0 aliphatic carbocycles. The van der Waals surface area contributed by atoms with Crippen LogP contribution in [-0.4, -0.2) is 39.2 Å². The minimum atomic E-state index is 0.341. The smallest absolute Gasteiger partial charge is 0.201 e. The van der Waals surface area contributed by atoms with Gasteiger partial charge in [-0.15, -0.1) is 9.24 Å². The molecule has 2 rings (SSSR count). The van der Waals surface area contributed by atoms with Crippen LogP contribution in [0.2, 0.25) is 0 Å². The third-order valence-electron chi connectivity index (χ3n) is 1.91. The summed E-state index contributed by atoms with van der Waals surface area (Å²) in [6, 6.07) is 0. The molecular formula is C8H12N5O2P. The van der Waals surface area contributed by atoms with E-state index in [9.17, 15) is 0 Å². The van der Waals surface area contributed by atoms with Crippen molar-refractivity contribution in [3.63, 3.8) is 0 Å². The molecule has 7 nitrogen and oxygen atoms in total. The molecule has 2 aromatic rings. The molecule has 2 aromatic heterocycles. The molecule has 0 spiro atoms. The van der Waals surface area contributed by atoms with E-state index in [1.54, 1.807) is 0 Å². The van der Waals surface area contributed by atoms with Gasteiger partial charge in [-0.2, -0.15) is 4.73 Å². The zero-order valence-electron chi connectivity index (χ0n) is 8.54. The first-order chi connectivity index (χ1) is 7.83. The van der Waals surface area contributed by atoms with E-state index in [0.29, 0.717) is 36.5 Å². The molecule has 0 bridgehead atoms. The SMILES string of the molecule is Nc1ncnc2c1ncn2OCCOCP. The lowest BCUT2D eigenvalue weighted by Gasteiger charge is -2.06. The largest absolute Gasteiger partial charge is 0.408 e. The van der Waals surface area contributed by atoms with Crippen molar-refractivity contribution in [3.8, 4) is 0 Å². The van der Waals surface area contributed by atoms with Gasteiger partial charge in [-0.25, -0.2) is 15.0 Å². The zero-order valence-corrected chi connectivity index (χ0v) is 9.69. The Bertz CT molecular complexity index is 474. The average Bonchev–Trinajstić information content (AvgIpc) is 2.70. The summed E-state index contributed by atoms with van der Waals surface area (Å²) in [6.07, 6.45) is 3.47. The Balaban J connectivity index is 2.10. The number of nitrogen functional groups attached to an aromatic ring is 1. The maximum atomic E-state index is 5.64. The van der Waals surface area contributed by atoms with Crippen LogP contribution in [0, 0.1) is 0 Å². The first-order valence-corrected chi connectivity index (χ1v) is 5.49. The highest BCUT2D eigenvalue weighted by molar-refractivity contribution is 7.16. The number of nitrogens with two attached hydrogens (primary N) is 1. The number of fused-ring (bicyclic) bond motifs is 1. The fourth-order valence-corrected chi connectivity index (χ4v) is 1.37. The molecule has 0 aliphatic heterocycles. The summed E-state index contributed by atoms with van der Waals surface area (Å²) < 4.78 is 6.57. The quantitative estimate of drug-likeness (QED) is 0.570. The van der Waals surface area contributed by atoms with E-state index in [0.717, 1.165) is 0 Å². The van der Waals surface area contributed by atoms with E-state index >= 15 is 0 Å². The summed E-state index contributed by atoms with van der Waals surface area (Å²) in [7, 11) is 2.47. The number of ether oxygens (including phenoxy) is 1. The topological polar surface area (TPSA) is 88.1 Å². The van der Waals surface area contributed by atoms with E-state index in [1.165, 1.54) is 17.4 Å². The minimum Gasteiger partial charge on any atom is -0.408 e. The van der Waals surface area contributed by atoms with Crippen molar-refractivity contribution in [3.05, 3.63) is 12.7 Å². The van der Waals surface area contributed by atoms with Crippen molar-refractivity contribution in [2.75, 3.05) is 25.3 Å². The van der Waals surface area contributed by atoms with Gasteiger partial charge in [0.25, 0.3) is 0 Å². The molecule has 8 heteroatoms. The van der Waals surface area contributed by atoms with Gasteiger partial charge in [0.15, 0.2) is 11.3 Å². The van der Waals surface area contributed by atoms with Crippen LogP contribution < -0.4 is 10.6 Å². The Labute approximate surface area is 94.1 Å². The van der Waals surface area contributed by atoms with E-state index in [2.05, 4.69) is 24.2 Å². The lowest BCUT2D eigenvalue weighted by Crippen LogP contribution is -2.16. The van der Waals surface area contributed by atoms with E-state index in [1.807, 2.05) is 0 Å². The lowest BCUT2D eigenvalue weighted by atomic mass is 10.5. The van der Waals surface area contributed by atoms with Gasteiger partial charge >= 0.3 is 0 Å². The van der Waals surface area contributed by atoms with Crippen molar-refractivity contribution in [1.82, 2.24) is 19.7 Å². The molecule has 86 valence electrons. The third-order valence-corrected chi connectivity index (χ3v) is 2.14. The number of nitrogens with zero attached hydrogens (tertiary/aromatic N) is 4. The van der Waals surface area contributed by atoms with E-state index in [4.69, 9.17) is 15.3 Å². The predicted octanol–water partition coefficient (Wildman–Crippen LogP) is -0.314. The van der Waals surface area contributed by atoms with Crippen LogP contribution in [0.5, 0.6) is 0 Å². The average molecular weight is 241 g/mol. The molecule has 0 radical (unpaired) electrons. The highest BCUT2D eigenvalue weighted by Crippen LogP contribution is 2.12. The molecule has 1 atom stereocenters. The van der Waals surface area contributed by atoms with Crippen molar-refractivity contribution in [2.24, 2.45) is 0 Å². The molecule has 2 N–H and O–H groups in total. The van der Waals surface area contributed by atoms with Gasteiger partial charge in [0.2, 0.25) is 5.65 Å². The molecule has 16 heavy (non-hydrogen) atoms. The van der Waals surface area contributed by atoms with Crippen molar-refractivity contribution in [1.29, 1.82) is 0 Å². The van der Waals surface area contributed by atoms with E-state index < -0.39 is 0 Å². The Morgan fingerprint density at radius 2 is 2.19 bits per heavy atom. The standard InChI is InChI=1S/C8H12N5O2P/c9-7-6-8(11-3-10-7)13(4-12-6)15-2-1-14-5-16/h3-4H,1-2,5,16H2,(H2,9,10,11). The van der Waals surface area contributed by atoms with Crippen LogP contribution in [0.25, 0.3) is 11.2 Å². The van der Waals surface area contributed by atoms with Gasteiger partial charge in [-0.1, -0.05) is 0 Å². The maximum Gasteiger partial charge on any atom is 0.201 e. The first kappa shape index (κ1) is 11.0. The summed E-state index contributed by atoms with van der Waals surface area (Å²) in [4.78, 5) is 17.3. The minimum absolute atomic E-state index is 0.341. The molecule has 0 fully saturated rings. The maximum absolute atomic E-state index is 5.64. The number of aromatic nitrogens is 4. The first-order valence-electron chi connectivity index (χ1n) is 4.67. The normalized spacial score (nSPS) is 10.8. The highest BCUT2D eigenvalue weighted by Gasteiger charge is 2.07. The summed E-state index contributed by atoms with van der Waals surface area (Å²) in [5.41, 5.74) is 6.73. The fourth-order valence-electron chi connectivity index (χ4n) is 1.20. The molecule has 0 aromatic carbocycles. The van der Waals surface area contributed by atoms with Crippen LogP contribution in [0.15, 0.2) is 12.7 Å². The van der Waals surface area contributed by atoms with Crippen LogP contribution in [-0.2, 0) is 4.74 Å². The third kappa shape index (κ3) is 2.20. The zero-order chi connectivity index (χ0) is 11.4. The molecule has 0 saturated carbocycles. The molecule has 0 aliphatic rings. The van der Waals surface area contributed by atoms with Crippen LogP contribution in [0.3, 0.4) is 0 Å². The second-order valence-electron chi connectivity index (χ2n) is 2.91. The number of anilines is 1. The van der Waals surface area contributed by atoms with Crippen molar-refractivity contribution in [2.45, 2.75) is 0 Å². The number of hydrogen-bond donors (Lipinski definition) is 1. The summed E-state index contributed by atoms with van der Waals surface area (Å²) in [6.45, 7) is 0.924. The van der Waals surface area contributed by atoms with E-state index in [-0.39, 0.29) is 0 Å². The fraction of sp³-hybridized carbons (Fsp3) is 0.375. The van der Waals surface area contributed by atoms with Gasteiger partial charge in [-0.05, 0) is 0 Å². The second-order valence-corrected chi connectivity index (χ2v) is 3.24. The predicted molar refractivity (Wildman–Crippen MR) is 61.7 cm³/mol. The molecule has 0 saturated heterocycles. The number of imidazole rings is 1. The number of hydrogen-bond acceptors (Lipinski definition) is 6. The summed E-state index contributed by atoms with van der Waals surface area (Å²) in [5, 5.41) is 0. The number of rotatable bonds is 5. The Kier molecular flexibility index (Phi) is 3.48. The molecule has 1 unspecified atom stereocenters. The van der Waals surface area contributed by atoms with Crippen molar-refractivity contribution >= 4 is 26.2 Å². The molecule has 0 amide bonds. The van der Waals surface area contributed by atoms with Gasteiger partial charge in [-0.3, -0.25) is 0 Å². The van der Waals surface area contributed by atoms with Gasteiger partial charge in [0, 0.05) is 0 Å². The van der Waals surface area contributed by atoms with Gasteiger partial charge in [0.1, 0.15) is 19.3 Å². The van der Waals surface area contributed by atoms with Crippen LogP contribution in [0.4, 0.5) is 5.82 Å². The molecular weight excluding hydrogens is 229 g/mol. The van der Waals surface area contributed by atoms with Crippen LogP contribution in [0.1, 0.15) is 0 Å². The van der Waals surface area contributed by atoms with Gasteiger partial charge < -0.3 is 15.3 Å². The Morgan fingerprint density at radius 1 is 1.31 bits per heavy atom. The highest BCUT2D eigenvalue weighted by atomic mass is 31.0. The van der Waals surface area contributed by atoms with Gasteiger partial charge in [0.05, 0.1) is 13.0 Å². The summed E-state index contributed by atoms with van der Waals surface area (Å²) in [5.74, 6) is 0.341. The van der Waals surface area contributed by atoms with Crippen molar-refractivity contribution < 1.29 is 9.57 Å². The monoisotopic (exact) mass is 241 g/mol.